The van der Waals surface area contributed by atoms with E-state index in [4.69, 9.17) is 0 Å². The maximum atomic E-state index is 9.33. The minimum atomic E-state index is 0.422. The number of hydrogen-bond acceptors (Lipinski definition) is 1. The van der Waals surface area contributed by atoms with Crippen molar-refractivity contribution >= 4 is 13.3 Å². The summed E-state index contributed by atoms with van der Waals surface area (Å²) in [6, 6.07) is 3.95. The Labute approximate surface area is 62.1 Å². The summed E-state index contributed by atoms with van der Waals surface area (Å²) in [7, 11) is 1.91. The zero-order valence-corrected chi connectivity index (χ0v) is 6.60. The van der Waals surface area contributed by atoms with Crippen molar-refractivity contribution in [2.45, 2.75) is 13.8 Å². The van der Waals surface area contributed by atoms with Crippen LogP contribution in [0.3, 0.4) is 0 Å². The molecule has 0 bridgehead atoms. The fourth-order valence-electron chi connectivity index (χ4n) is 1.17. The fourth-order valence-corrected chi connectivity index (χ4v) is 1.17. The Balaban J connectivity index is 3.31. The van der Waals surface area contributed by atoms with Crippen molar-refractivity contribution in [2.24, 2.45) is 0 Å². The summed E-state index contributed by atoms with van der Waals surface area (Å²) in [6.07, 6.45) is 0. The fraction of sp³-hybridized carbons (Fsp3) is 0.250. The third kappa shape index (κ3) is 1.15. The molecule has 1 aromatic rings. The highest BCUT2D eigenvalue weighted by Crippen LogP contribution is 2.12. The lowest BCUT2D eigenvalue weighted by Gasteiger charge is -2.03. The van der Waals surface area contributed by atoms with Crippen LogP contribution in [0.2, 0.25) is 0 Å². The van der Waals surface area contributed by atoms with Crippen LogP contribution in [-0.4, -0.2) is 13.0 Å². The zero-order chi connectivity index (χ0) is 7.72. The smallest absolute Gasteiger partial charge is 0.144 e. The van der Waals surface area contributed by atoms with E-state index < -0.39 is 0 Å². The third-order valence-corrected chi connectivity index (χ3v) is 1.64. The molecule has 0 atom stereocenters. The molecule has 0 amide bonds. The first kappa shape index (κ1) is 7.20. The van der Waals surface area contributed by atoms with Crippen molar-refractivity contribution in [3.05, 3.63) is 23.3 Å². The molecule has 10 heavy (non-hydrogen) atoms. The van der Waals surface area contributed by atoms with Crippen LogP contribution in [-0.2, 0) is 0 Å². The molecule has 0 radical (unpaired) electrons. The van der Waals surface area contributed by atoms with E-state index in [2.05, 4.69) is 0 Å². The summed E-state index contributed by atoms with van der Waals surface area (Å²) in [5.74, 6) is 0.422. The Morgan fingerprint density at radius 1 is 1.30 bits per heavy atom. The van der Waals surface area contributed by atoms with E-state index in [1.165, 1.54) is 5.56 Å². The lowest BCUT2D eigenvalue weighted by atomic mass is 9.91. The van der Waals surface area contributed by atoms with Crippen LogP contribution in [0, 0.1) is 13.8 Å². The van der Waals surface area contributed by atoms with Gasteiger partial charge < -0.3 is 5.11 Å². The van der Waals surface area contributed by atoms with Gasteiger partial charge in [0, 0.05) is 0 Å². The molecule has 1 nitrogen and oxygen atoms in total. The van der Waals surface area contributed by atoms with E-state index in [0.29, 0.717) is 5.75 Å². The molecule has 0 saturated carbocycles. The van der Waals surface area contributed by atoms with Crippen molar-refractivity contribution in [1.82, 2.24) is 0 Å². The number of rotatable bonds is 0. The summed E-state index contributed by atoms with van der Waals surface area (Å²) in [5, 5.41) is 9.33. The van der Waals surface area contributed by atoms with E-state index in [0.717, 1.165) is 11.0 Å². The highest BCUT2D eigenvalue weighted by Gasteiger charge is 1.98. The molecule has 0 fully saturated rings. The monoisotopic (exact) mass is 134 g/mol. The topological polar surface area (TPSA) is 20.2 Å². The summed E-state index contributed by atoms with van der Waals surface area (Å²) in [5.41, 5.74) is 3.11. The van der Waals surface area contributed by atoms with Crippen LogP contribution in [0.4, 0.5) is 0 Å². The van der Waals surface area contributed by atoms with Gasteiger partial charge in [0.2, 0.25) is 0 Å². The lowest BCUT2D eigenvalue weighted by molar-refractivity contribution is 0.475. The lowest BCUT2D eigenvalue weighted by Crippen LogP contribution is -2.04. The van der Waals surface area contributed by atoms with Crippen molar-refractivity contribution in [3.63, 3.8) is 0 Å². The molecule has 1 aromatic carbocycles. The highest BCUT2D eigenvalue weighted by atomic mass is 16.3. The number of aryl methyl sites for hydroxylation is 2. The molecular formula is C8H11BO. The summed E-state index contributed by atoms with van der Waals surface area (Å²) in [4.78, 5) is 0. The molecule has 0 aliphatic rings. The van der Waals surface area contributed by atoms with Gasteiger partial charge in [-0.25, -0.2) is 0 Å². The summed E-state index contributed by atoms with van der Waals surface area (Å²) < 4.78 is 0. The molecule has 1 N–H and O–H groups in total. The standard InChI is InChI=1S/C8H11BO/c1-5-3-6(2)8(10)7(9)4-5/h3-4,10H,9H2,1-2H3. The largest absolute Gasteiger partial charge is 0.508 e. The van der Waals surface area contributed by atoms with Gasteiger partial charge in [-0.15, -0.1) is 0 Å². The predicted octanol–water partition coefficient (Wildman–Crippen LogP) is 0.267. The van der Waals surface area contributed by atoms with Gasteiger partial charge in [0.15, 0.2) is 0 Å². The Morgan fingerprint density at radius 2 is 1.90 bits per heavy atom. The van der Waals surface area contributed by atoms with Crippen LogP contribution < -0.4 is 5.46 Å². The number of aromatic hydroxyl groups is 1. The molecular weight excluding hydrogens is 123 g/mol. The second-order valence-electron chi connectivity index (χ2n) is 2.75. The number of phenolic OH excluding ortho intramolecular Hbond substituents is 1. The van der Waals surface area contributed by atoms with Crippen LogP contribution in [0.25, 0.3) is 0 Å². The Bertz CT molecular complexity index is 232. The molecule has 52 valence electrons. The second kappa shape index (κ2) is 2.37. The average Bonchev–Trinajstić information content (AvgIpc) is 1.82. The van der Waals surface area contributed by atoms with Crippen LogP contribution in [0.15, 0.2) is 12.1 Å². The molecule has 0 aliphatic heterocycles. The maximum Gasteiger partial charge on any atom is 0.144 e. The number of hydrogen-bond donors (Lipinski definition) is 1. The van der Waals surface area contributed by atoms with Crippen molar-refractivity contribution in [1.29, 1.82) is 0 Å². The first-order valence-electron chi connectivity index (χ1n) is 3.38. The first-order valence-corrected chi connectivity index (χ1v) is 3.38. The summed E-state index contributed by atoms with van der Waals surface area (Å²) >= 11 is 0. The van der Waals surface area contributed by atoms with Gasteiger partial charge in [-0.3, -0.25) is 0 Å². The van der Waals surface area contributed by atoms with Gasteiger partial charge >= 0.3 is 0 Å². The van der Waals surface area contributed by atoms with Crippen molar-refractivity contribution in [3.8, 4) is 5.75 Å². The average molecular weight is 134 g/mol. The Morgan fingerprint density at radius 3 is 2.40 bits per heavy atom. The van der Waals surface area contributed by atoms with Crippen molar-refractivity contribution < 1.29 is 5.11 Å². The zero-order valence-electron chi connectivity index (χ0n) is 6.60. The molecule has 1 rings (SSSR count). The number of phenols is 1. The minimum absolute atomic E-state index is 0.422. The molecule has 0 saturated heterocycles. The van der Waals surface area contributed by atoms with E-state index in [1.807, 2.05) is 33.8 Å². The van der Waals surface area contributed by atoms with Gasteiger partial charge in [-0.2, -0.15) is 0 Å². The SMILES string of the molecule is Bc1cc(C)cc(C)c1O. The quantitative estimate of drug-likeness (QED) is 0.505. The van der Waals surface area contributed by atoms with E-state index in [9.17, 15) is 5.11 Å². The van der Waals surface area contributed by atoms with Gasteiger partial charge in [0.1, 0.15) is 13.6 Å². The van der Waals surface area contributed by atoms with Gasteiger partial charge in [0.25, 0.3) is 0 Å². The van der Waals surface area contributed by atoms with Crippen LogP contribution in [0.5, 0.6) is 5.75 Å². The molecule has 0 unspecified atom stereocenters. The van der Waals surface area contributed by atoms with Crippen molar-refractivity contribution in [2.75, 3.05) is 0 Å². The predicted molar refractivity (Wildman–Crippen MR) is 45.8 cm³/mol. The molecule has 0 spiro atoms. The Hall–Kier alpha value is -0.915. The highest BCUT2D eigenvalue weighted by molar-refractivity contribution is 6.34. The van der Waals surface area contributed by atoms with Gasteiger partial charge in [-0.1, -0.05) is 17.7 Å². The normalized spacial score (nSPS) is 9.80. The van der Waals surface area contributed by atoms with E-state index in [-0.39, 0.29) is 0 Å². The van der Waals surface area contributed by atoms with Crippen LogP contribution >= 0.6 is 0 Å². The van der Waals surface area contributed by atoms with Gasteiger partial charge in [-0.05, 0) is 24.9 Å². The third-order valence-electron chi connectivity index (χ3n) is 1.64. The van der Waals surface area contributed by atoms with E-state index in [1.54, 1.807) is 0 Å². The Kier molecular flexibility index (Phi) is 1.71. The molecule has 2 heteroatoms. The minimum Gasteiger partial charge on any atom is -0.508 e. The summed E-state index contributed by atoms with van der Waals surface area (Å²) in [6.45, 7) is 3.94. The first-order chi connectivity index (χ1) is 4.61. The molecule has 0 heterocycles. The molecule has 0 aliphatic carbocycles. The second-order valence-corrected chi connectivity index (χ2v) is 2.75. The van der Waals surface area contributed by atoms with E-state index >= 15 is 0 Å². The van der Waals surface area contributed by atoms with Crippen LogP contribution in [0.1, 0.15) is 11.1 Å². The maximum absolute atomic E-state index is 9.33. The van der Waals surface area contributed by atoms with Gasteiger partial charge in [0.05, 0.1) is 0 Å². The molecule has 0 aromatic heterocycles. The number of benzene rings is 1.